The van der Waals surface area contributed by atoms with E-state index in [1.54, 1.807) is 30.3 Å². The van der Waals surface area contributed by atoms with Gasteiger partial charge in [-0.1, -0.05) is 29.8 Å². The van der Waals surface area contributed by atoms with Crippen molar-refractivity contribution in [2.75, 3.05) is 6.61 Å². The van der Waals surface area contributed by atoms with Crippen LogP contribution in [0.4, 0.5) is 0 Å². The highest BCUT2D eigenvalue weighted by Gasteiger charge is 2.03. The van der Waals surface area contributed by atoms with Gasteiger partial charge in [-0.2, -0.15) is 0 Å². The van der Waals surface area contributed by atoms with Crippen molar-refractivity contribution in [3.05, 3.63) is 47.5 Å². The molecule has 1 aromatic rings. The van der Waals surface area contributed by atoms with Crippen LogP contribution in [0.2, 0.25) is 0 Å². The molecule has 3 heteroatoms. The fourth-order valence-electron chi connectivity index (χ4n) is 0.818. The standard InChI is InChI=1S/C10H9ClO2/c11-7-4-8-13-10(12)9-5-2-1-3-6-9/h1-7H,8H2. The molecule has 2 nitrogen and oxygen atoms in total. The topological polar surface area (TPSA) is 26.3 Å². The molecule has 0 amide bonds. The van der Waals surface area contributed by atoms with E-state index in [1.165, 1.54) is 5.54 Å². The van der Waals surface area contributed by atoms with Crippen LogP contribution in [0.3, 0.4) is 0 Å². The minimum Gasteiger partial charge on any atom is -0.458 e. The Morgan fingerprint density at radius 2 is 2.08 bits per heavy atom. The molecule has 0 aliphatic heterocycles. The van der Waals surface area contributed by atoms with Crippen molar-refractivity contribution < 1.29 is 9.53 Å². The van der Waals surface area contributed by atoms with Crippen LogP contribution in [0, 0.1) is 0 Å². The monoisotopic (exact) mass is 196 g/mol. The largest absolute Gasteiger partial charge is 0.458 e. The van der Waals surface area contributed by atoms with Crippen molar-refractivity contribution in [1.82, 2.24) is 0 Å². The minimum absolute atomic E-state index is 0.206. The van der Waals surface area contributed by atoms with Gasteiger partial charge in [0.2, 0.25) is 0 Å². The molecule has 0 atom stereocenters. The first kappa shape index (κ1) is 9.81. The van der Waals surface area contributed by atoms with E-state index >= 15 is 0 Å². The lowest BCUT2D eigenvalue weighted by molar-refractivity contribution is 0.0549. The summed E-state index contributed by atoms with van der Waals surface area (Å²) in [5, 5.41) is 0. The Morgan fingerprint density at radius 1 is 1.38 bits per heavy atom. The Morgan fingerprint density at radius 3 is 2.69 bits per heavy atom. The zero-order chi connectivity index (χ0) is 9.52. The second kappa shape index (κ2) is 5.38. The molecule has 0 radical (unpaired) electrons. The van der Waals surface area contributed by atoms with Crippen molar-refractivity contribution in [2.24, 2.45) is 0 Å². The summed E-state index contributed by atoms with van der Waals surface area (Å²) < 4.78 is 4.86. The number of esters is 1. The van der Waals surface area contributed by atoms with Gasteiger partial charge >= 0.3 is 5.97 Å². The molecular formula is C10H9ClO2. The van der Waals surface area contributed by atoms with Gasteiger partial charge in [0, 0.05) is 5.54 Å². The lowest BCUT2D eigenvalue weighted by Gasteiger charge is -2.00. The molecule has 0 fully saturated rings. The lowest BCUT2D eigenvalue weighted by Crippen LogP contribution is -2.04. The Kier molecular flexibility index (Phi) is 4.06. The third-order valence-electron chi connectivity index (χ3n) is 1.41. The highest BCUT2D eigenvalue weighted by atomic mass is 35.5. The average Bonchev–Trinajstić information content (AvgIpc) is 2.19. The van der Waals surface area contributed by atoms with E-state index in [0.717, 1.165) is 0 Å². The molecule has 0 saturated carbocycles. The number of carbonyl (C=O) groups is 1. The number of rotatable bonds is 3. The van der Waals surface area contributed by atoms with Crippen molar-refractivity contribution in [2.45, 2.75) is 0 Å². The average molecular weight is 197 g/mol. The summed E-state index contributed by atoms with van der Waals surface area (Å²) in [5.41, 5.74) is 1.86. The maximum Gasteiger partial charge on any atom is 0.338 e. The summed E-state index contributed by atoms with van der Waals surface area (Å²) in [7, 11) is 0. The van der Waals surface area contributed by atoms with E-state index in [9.17, 15) is 4.79 Å². The molecule has 0 N–H and O–H groups in total. The second-order valence-electron chi connectivity index (χ2n) is 2.33. The van der Waals surface area contributed by atoms with Crippen molar-refractivity contribution in [3.63, 3.8) is 0 Å². The first-order valence-electron chi connectivity index (χ1n) is 3.82. The van der Waals surface area contributed by atoms with Gasteiger partial charge in [0.25, 0.3) is 0 Å². The third kappa shape index (κ3) is 3.30. The molecule has 13 heavy (non-hydrogen) atoms. The summed E-state index contributed by atoms with van der Waals surface area (Å²) >= 11 is 5.26. The van der Waals surface area contributed by atoms with Gasteiger partial charge in [-0.15, -0.1) is 0 Å². The lowest BCUT2D eigenvalue weighted by atomic mass is 10.2. The fraction of sp³-hybridized carbons (Fsp3) is 0.100. The Hall–Kier alpha value is -1.28. The van der Waals surface area contributed by atoms with E-state index in [1.807, 2.05) is 6.07 Å². The predicted octanol–water partition coefficient (Wildman–Crippen LogP) is 2.60. The first-order chi connectivity index (χ1) is 6.34. The smallest absolute Gasteiger partial charge is 0.338 e. The molecular weight excluding hydrogens is 188 g/mol. The summed E-state index contributed by atoms with van der Waals surface area (Å²) in [5.74, 6) is -0.338. The van der Waals surface area contributed by atoms with Crippen LogP contribution in [-0.2, 0) is 4.74 Å². The van der Waals surface area contributed by atoms with Gasteiger partial charge in [-0.05, 0) is 18.2 Å². The van der Waals surface area contributed by atoms with Gasteiger partial charge in [-0.3, -0.25) is 0 Å². The summed E-state index contributed by atoms with van der Waals surface area (Å²) in [6, 6.07) is 8.82. The third-order valence-corrected chi connectivity index (χ3v) is 1.59. The Bertz CT molecular complexity index is 293. The van der Waals surface area contributed by atoms with E-state index < -0.39 is 0 Å². The molecule has 1 rings (SSSR count). The van der Waals surface area contributed by atoms with E-state index in [4.69, 9.17) is 16.3 Å². The van der Waals surface area contributed by atoms with Crippen LogP contribution in [0.15, 0.2) is 41.9 Å². The van der Waals surface area contributed by atoms with Crippen molar-refractivity contribution in [1.29, 1.82) is 0 Å². The number of carbonyl (C=O) groups excluding carboxylic acids is 1. The molecule has 0 aliphatic rings. The van der Waals surface area contributed by atoms with E-state index in [-0.39, 0.29) is 12.6 Å². The van der Waals surface area contributed by atoms with Crippen LogP contribution < -0.4 is 0 Å². The molecule has 0 spiro atoms. The van der Waals surface area contributed by atoms with Crippen LogP contribution in [0.1, 0.15) is 10.4 Å². The van der Waals surface area contributed by atoms with Crippen molar-refractivity contribution in [3.8, 4) is 0 Å². The van der Waals surface area contributed by atoms with Gasteiger partial charge in [0.1, 0.15) is 6.61 Å². The summed E-state index contributed by atoms with van der Waals surface area (Å²) in [6.07, 6.45) is 1.56. The number of ether oxygens (including phenoxy) is 1. The minimum atomic E-state index is -0.338. The van der Waals surface area contributed by atoms with Crippen molar-refractivity contribution >= 4 is 17.6 Å². The Labute approximate surface area is 81.8 Å². The highest BCUT2D eigenvalue weighted by Crippen LogP contribution is 2.00. The van der Waals surface area contributed by atoms with Crippen LogP contribution in [0.5, 0.6) is 0 Å². The maximum atomic E-state index is 11.2. The normalized spacial score (nSPS) is 10.2. The van der Waals surface area contributed by atoms with Crippen LogP contribution in [0.25, 0.3) is 0 Å². The second-order valence-corrected chi connectivity index (χ2v) is 2.58. The first-order valence-corrected chi connectivity index (χ1v) is 4.25. The van der Waals surface area contributed by atoms with Gasteiger partial charge in [0.15, 0.2) is 0 Å². The molecule has 68 valence electrons. The molecule has 0 bridgehead atoms. The zero-order valence-corrected chi connectivity index (χ0v) is 7.70. The molecule has 0 saturated heterocycles. The molecule has 0 heterocycles. The molecule has 0 aromatic heterocycles. The zero-order valence-electron chi connectivity index (χ0n) is 6.94. The molecule has 0 unspecified atom stereocenters. The van der Waals surface area contributed by atoms with Crippen LogP contribution >= 0.6 is 11.6 Å². The number of hydrogen-bond donors (Lipinski definition) is 0. The quantitative estimate of drug-likeness (QED) is 0.695. The molecule has 0 aliphatic carbocycles. The number of halogens is 1. The number of hydrogen-bond acceptors (Lipinski definition) is 2. The van der Waals surface area contributed by atoms with Gasteiger partial charge in [0.05, 0.1) is 5.56 Å². The van der Waals surface area contributed by atoms with Crippen LogP contribution in [-0.4, -0.2) is 12.6 Å². The maximum absolute atomic E-state index is 11.2. The fourth-order valence-corrected chi connectivity index (χ4v) is 0.890. The number of benzene rings is 1. The predicted molar refractivity (Wildman–Crippen MR) is 51.7 cm³/mol. The summed E-state index contributed by atoms with van der Waals surface area (Å²) in [6.45, 7) is 0.206. The SMILES string of the molecule is O=C(OCC=CCl)c1ccccc1. The Balaban J connectivity index is 2.49. The van der Waals surface area contributed by atoms with E-state index in [2.05, 4.69) is 0 Å². The highest BCUT2D eigenvalue weighted by molar-refractivity contribution is 6.25. The summed E-state index contributed by atoms with van der Waals surface area (Å²) in [4.78, 5) is 11.2. The molecule has 1 aromatic carbocycles. The van der Waals surface area contributed by atoms with E-state index in [0.29, 0.717) is 5.56 Å². The van der Waals surface area contributed by atoms with Gasteiger partial charge in [-0.25, -0.2) is 4.79 Å². The van der Waals surface area contributed by atoms with Gasteiger partial charge < -0.3 is 4.74 Å².